The van der Waals surface area contributed by atoms with Gasteiger partial charge in [0, 0.05) is 25.0 Å². The van der Waals surface area contributed by atoms with Crippen molar-refractivity contribution in [2.45, 2.75) is 59.4 Å². The van der Waals surface area contributed by atoms with Crippen LogP contribution in [0.3, 0.4) is 0 Å². The van der Waals surface area contributed by atoms with E-state index in [0.717, 1.165) is 43.3 Å². The minimum absolute atomic E-state index is 0.00947. The molecule has 0 saturated carbocycles. The number of likely N-dealkylation sites (tertiary alicyclic amines) is 1. The second-order valence-electron chi connectivity index (χ2n) is 7.97. The first-order chi connectivity index (χ1) is 12.5. The molecule has 4 nitrogen and oxygen atoms in total. The number of benzene rings is 1. The number of aryl methyl sites for hydroxylation is 1. The molecule has 2 aromatic rings. The number of nitrogens with zero attached hydrogens (tertiary/aromatic N) is 2. The maximum atomic E-state index is 13.2. The quantitative estimate of drug-likeness (QED) is 0.818. The van der Waals surface area contributed by atoms with Gasteiger partial charge in [-0.1, -0.05) is 44.4 Å². The fourth-order valence-corrected chi connectivity index (χ4v) is 3.68. The lowest BCUT2D eigenvalue weighted by Crippen LogP contribution is -2.37. The van der Waals surface area contributed by atoms with E-state index in [1.54, 1.807) is 4.57 Å². The molecule has 0 atom stereocenters. The molecule has 0 spiro atoms. The van der Waals surface area contributed by atoms with Gasteiger partial charge in [-0.15, -0.1) is 0 Å². The molecule has 3 rings (SSSR count). The zero-order valence-corrected chi connectivity index (χ0v) is 16.3. The number of hydrogen-bond donors (Lipinski definition) is 0. The summed E-state index contributed by atoms with van der Waals surface area (Å²) < 4.78 is 1.72. The highest BCUT2D eigenvalue weighted by Crippen LogP contribution is 2.19. The zero-order chi connectivity index (χ0) is 18.7. The topological polar surface area (TPSA) is 42.3 Å². The third-order valence-electron chi connectivity index (χ3n) is 5.31. The smallest absolute Gasteiger partial charge is 0.270 e. The molecule has 0 aliphatic carbocycles. The van der Waals surface area contributed by atoms with Crippen LogP contribution in [-0.2, 0) is 6.54 Å². The van der Waals surface area contributed by atoms with E-state index in [1.807, 2.05) is 36.1 Å². The van der Waals surface area contributed by atoms with Crippen LogP contribution in [-0.4, -0.2) is 28.5 Å². The van der Waals surface area contributed by atoms with Gasteiger partial charge in [0.05, 0.1) is 0 Å². The van der Waals surface area contributed by atoms with Crippen LogP contribution < -0.4 is 5.56 Å². The normalized spacial score (nSPS) is 15.5. The molecular formula is C22H30N2O2. The molecule has 1 aromatic heterocycles. The molecule has 0 radical (unpaired) electrons. The van der Waals surface area contributed by atoms with Crippen LogP contribution in [0.25, 0.3) is 10.8 Å². The summed E-state index contributed by atoms with van der Waals surface area (Å²) in [4.78, 5) is 28.3. The number of carbonyl (C=O) groups excluding carboxylic acids is 1. The van der Waals surface area contributed by atoms with E-state index < -0.39 is 0 Å². The van der Waals surface area contributed by atoms with Gasteiger partial charge in [-0.3, -0.25) is 9.59 Å². The Morgan fingerprint density at radius 2 is 1.77 bits per heavy atom. The van der Waals surface area contributed by atoms with E-state index >= 15 is 0 Å². The third-order valence-corrected chi connectivity index (χ3v) is 5.31. The Bertz CT molecular complexity index is 843. The monoisotopic (exact) mass is 354 g/mol. The molecule has 0 bridgehead atoms. The van der Waals surface area contributed by atoms with Gasteiger partial charge < -0.3 is 9.47 Å². The van der Waals surface area contributed by atoms with Gasteiger partial charge in [-0.05, 0) is 49.6 Å². The van der Waals surface area contributed by atoms with Crippen LogP contribution in [0.2, 0.25) is 0 Å². The fraction of sp³-hybridized carbons (Fsp3) is 0.545. The van der Waals surface area contributed by atoms with Crippen molar-refractivity contribution in [2.24, 2.45) is 5.92 Å². The lowest BCUT2D eigenvalue weighted by atomic mass is 10.1. The van der Waals surface area contributed by atoms with E-state index in [2.05, 4.69) is 13.8 Å². The number of pyridine rings is 1. The van der Waals surface area contributed by atoms with Gasteiger partial charge in [0.2, 0.25) is 0 Å². The van der Waals surface area contributed by atoms with Gasteiger partial charge in [-0.2, -0.15) is 0 Å². The molecular weight excluding hydrogens is 324 g/mol. The minimum atomic E-state index is -0.0370. The van der Waals surface area contributed by atoms with Crippen molar-refractivity contribution in [2.75, 3.05) is 13.1 Å². The predicted molar refractivity (Wildman–Crippen MR) is 107 cm³/mol. The van der Waals surface area contributed by atoms with E-state index in [9.17, 15) is 9.59 Å². The number of carbonyl (C=O) groups is 1. The minimum Gasteiger partial charge on any atom is -0.337 e. The summed E-state index contributed by atoms with van der Waals surface area (Å²) >= 11 is 0. The van der Waals surface area contributed by atoms with Gasteiger partial charge in [0.1, 0.15) is 5.69 Å². The lowest BCUT2D eigenvalue weighted by molar-refractivity contribution is 0.0749. The number of aromatic nitrogens is 1. The van der Waals surface area contributed by atoms with E-state index in [-0.39, 0.29) is 11.5 Å². The van der Waals surface area contributed by atoms with Gasteiger partial charge in [-0.25, -0.2) is 0 Å². The maximum Gasteiger partial charge on any atom is 0.270 e. The van der Waals surface area contributed by atoms with Crippen LogP contribution in [0.1, 0.15) is 62.0 Å². The molecule has 26 heavy (non-hydrogen) atoms. The second kappa shape index (κ2) is 8.07. The van der Waals surface area contributed by atoms with Crippen molar-refractivity contribution in [1.82, 2.24) is 9.47 Å². The fourth-order valence-electron chi connectivity index (χ4n) is 3.68. The number of hydrogen-bond acceptors (Lipinski definition) is 2. The van der Waals surface area contributed by atoms with Crippen LogP contribution >= 0.6 is 0 Å². The first kappa shape index (κ1) is 18.7. The maximum absolute atomic E-state index is 13.2. The molecule has 1 aliphatic heterocycles. The highest BCUT2D eigenvalue weighted by Gasteiger charge is 2.22. The molecule has 1 aromatic carbocycles. The average molecular weight is 354 g/mol. The summed E-state index contributed by atoms with van der Waals surface area (Å²) in [5.41, 5.74) is 1.58. The number of fused-ring (bicyclic) bond motifs is 1. The van der Waals surface area contributed by atoms with E-state index in [1.165, 1.54) is 12.8 Å². The largest absolute Gasteiger partial charge is 0.337 e. The molecule has 2 heterocycles. The van der Waals surface area contributed by atoms with Crippen molar-refractivity contribution >= 4 is 16.7 Å². The Morgan fingerprint density at radius 3 is 2.42 bits per heavy atom. The van der Waals surface area contributed by atoms with Crippen molar-refractivity contribution in [3.05, 3.63) is 45.9 Å². The van der Waals surface area contributed by atoms with Gasteiger partial charge in [0.15, 0.2) is 0 Å². The van der Waals surface area contributed by atoms with Crippen molar-refractivity contribution < 1.29 is 4.79 Å². The van der Waals surface area contributed by atoms with E-state index in [4.69, 9.17) is 0 Å². The summed E-state index contributed by atoms with van der Waals surface area (Å²) in [6, 6.07) is 7.81. The number of amides is 1. The van der Waals surface area contributed by atoms with Crippen LogP contribution in [0, 0.1) is 12.8 Å². The molecule has 1 amide bonds. The SMILES string of the molecule is Cc1ccc2cc(C(=O)N3CCCCCC3)n(CCC(C)C)c(=O)c2c1. The Kier molecular flexibility index (Phi) is 5.80. The summed E-state index contributed by atoms with van der Waals surface area (Å²) in [5, 5.41) is 1.57. The Balaban J connectivity index is 2.08. The van der Waals surface area contributed by atoms with Crippen molar-refractivity contribution in [1.29, 1.82) is 0 Å². The van der Waals surface area contributed by atoms with Crippen LogP contribution in [0.15, 0.2) is 29.1 Å². The molecule has 4 heteroatoms. The number of rotatable bonds is 4. The summed E-state index contributed by atoms with van der Waals surface area (Å²) in [7, 11) is 0. The summed E-state index contributed by atoms with van der Waals surface area (Å²) in [6.45, 7) is 8.47. The van der Waals surface area contributed by atoms with Gasteiger partial charge >= 0.3 is 0 Å². The molecule has 0 N–H and O–H groups in total. The third kappa shape index (κ3) is 4.00. The van der Waals surface area contributed by atoms with Crippen molar-refractivity contribution in [3.8, 4) is 0 Å². The van der Waals surface area contributed by atoms with Crippen LogP contribution in [0.5, 0.6) is 0 Å². The second-order valence-corrected chi connectivity index (χ2v) is 7.97. The lowest BCUT2D eigenvalue weighted by Gasteiger charge is -2.23. The predicted octanol–water partition coefficient (Wildman–Crippen LogP) is 4.37. The van der Waals surface area contributed by atoms with E-state index in [0.29, 0.717) is 23.5 Å². The van der Waals surface area contributed by atoms with Crippen molar-refractivity contribution in [3.63, 3.8) is 0 Å². The highest BCUT2D eigenvalue weighted by atomic mass is 16.2. The summed E-state index contributed by atoms with van der Waals surface area (Å²) in [6.07, 6.45) is 5.35. The molecule has 1 saturated heterocycles. The first-order valence-electron chi connectivity index (χ1n) is 9.91. The standard InChI is InChI=1S/C22H30N2O2/c1-16(2)10-13-24-20(22(26)23-11-6-4-5-7-12-23)15-18-9-8-17(3)14-19(18)21(24)25/h8-9,14-16H,4-7,10-13H2,1-3H3. The first-order valence-corrected chi connectivity index (χ1v) is 9.91. The average Bonchev–Trinajstić information content (AvgIpc) is 2.90. The molecule has 140 valence electrons. The van der Waals surface area contributed by atoms with Gasteiger partial charge in [0.25, 0.3) is 11.5 Å². The Labute approximate surface area is 155 Å². The Hall–Kier alpha value is -2.10. The Morgan fingerprint density at radius 1 is 1.08 bits per heavy atom. The van der Waals surface area contributed by atoms with Crippen LogP contribution in [0.4, 0.5) is 0 Å². The summed E-state index contributed by atoms with van der Waals surface area (Å²) in [5.74, 6) is 0.492. The molecule has 0 unspecified atom stereocenters. The molecule has 1 aliphatic rings. The molecule has 1 fully saturated rings. The zero-order valence-electron chi connectivity index (χ0n) is 16.3. The highest BCUT2D eigenvalue weighted by molar-refractivity contribution is 5.96.